The van der Waals surface area contributed by atoms with Gasteiger partial charge in [0, 0.05) is 30.8 Å². The molecule has 1 fully saturated rings. The van der Waals surface area contributed by atoms with Crippen molar-refractivity contribution in [2.75, 3.05) is 17.8 Å². The van der Waals surface area contributed by atoms with E-state index in [9.17, 15) is 18.0 Å². The Kier molecular flexibility index (Phi) is 6.70. The highest BCUT2D eigenvalue weighted by molar-refractivity contribution is 7.92. The van der Waals surface area contributed by atoms with Crippen LogP contribution in [0.2, 0.25) is 0 Å². The molecule has 3 aromatic carbocycles. The van der Waals surface area contributed by atoms with Crippen LogP contribution in [0.15, 0.2) is 77.7 Å². The Hall–Kier alpha value is -3.65. The molecule has 0 spiro atoms. The van der Waals surface area contributed by atoms with Gasteiger partial charge in [-0.15, -0.1) is 0 Å². The third-order valence-corrected chi connectivity index (χ3v) is 7.42. The van der Waals surface area contributed by atoms with Crippen LogP contribution in [0.3, 0.4) is 0 Å². The van der Waals surface area contributed by atoms with E-state index in [0.29, 0.717) is 30.8 Å². The zero-order chi connectivity index (χ0) is 24.3. The average molecular weight is 478 g/mol. The Labute approximate surface area is 199 Å². The number of carbonyl (C=O) groups is 2. The van der Waals surface area contributed by atoms with E-state index in [1.54, 1.807) is 31.2 Å². The second kappa shape index (κ2) is 9.69. The molecule has 7 nitrogen and oxygen atoms in total. The summed E-state index contributed by atoms with van der Waals surface area (Å²) in [4.78, 5) is 27.7. The number of hydrogen-bond donors (Lipinski definition) is 2. The van der Waals surface area contributed by atoms with Crippen LogP contribution >= 0.6 is 0 Å². The highest BCUT2D eigenvalue weighted by atomic mass is 32.2. The number of sulfonamides is 1. The molecule has 2 N–H and O–H groups in total. The quantitative estimate of drug-likeness (QED) is 0.570. The fourth-order valence-electron chi connectivity index (χ4n) is 4.02. The smallest absolute Gasteiger partial charge is 0.262 e. The van der Waals surface area contributed by atoms with Gasteiger partial charge >= 0.3 is 0 Å². The summed E-state index contributed by atoms with van der Waals surface area (Å²) in [5.74, 6) is -0.591. The molecule has 2 amide bonds. The van der Waals surface area contributed by atoms with Crippen LogP contribution in [0.4, 0.5) is 5.69 Å². The maximum Gasteiger partial charge on any atom is 0.262 e. The molecule has 34 heavy (non-hydrogen) atoms. The Morgan fingerprint density at radius 3 is 2.44 bits per heavy atom. The van der Waals surface area contributed by atoms with Crippen LogP contribution in [-0.2, 0) is 21.2 Å². The molecule has 8 heteroatoms. The fourth-order valence-corrected chi connectivity index (χ4v) is 5.35. The zero-order valence-electron chi connectivity index (χ0n) is 19.1. The van der Waals surface area contributed by atoms with Gasteiger partial charge in [0.1, 0.15) is 6.04 Å². The first-order valence-electron chi connectivity index (χ1n) is 11.1. The van der Waals surface area contributed by atoms with Crippen LogP contribution in [0, 0.1) is 13.8 Å². The molecule has 176 valence electrons. The van der Waals surface area contributed by atoms with Crippen molar-refractivity contribution in [2.45, 2.75) is 31.2 Å². The van der Waals surface area contributed by atoms with Crippen molar-refractivity contribution < 1.29 is 18.0 Å². The summed E-state index contributed by atoms with van der Waals surface area (Å²) in [6.45, 7) is 4.30. The van der Waals surface area contributed by atoms with Gasteiger partial charge in [0.05, 0.1) is 4.90 Å². The van der Waals surface area contributed by atoms with Gasteiger partial charge in [0.2, 0.25) is 5.91 Å². The van der Waals surface area contributed by atoms with E-state index in [4.69, 9.17) is 0 Å². The van der Waals surface area contributed by atoms with E-state index in [1.807, 2.05) is 49.4 Å². The van der Waals surface area contributed by atoms with Crippen molar-refractivity contribution in [3.8, 4) is 0 Å². The summed E-state index contributed by atoms with van der Waals surface area (Å²) in [6, 6.07) is 20.5. The second-order valence-corrected chi connectivity index (χ2v) is 10.1. The molecule has 0 saturated carbocycles. The van der Waals surface area contributed by atoms with Gasteiger partial charge < -0.3 is 10.2 Å². The molecule has 4 rings (SSSR count). The Bertz CT molecular complexity index is 1310. The molecule has 1 heterocycles. The van der Waals surface area contributed by atoms with Crippen molar-refractivity contribution in [3.63, 3.8) is 0 Å². The van der Waals surface area contributed by atoms with Crippen LogP contribution in [0.25, 0.3) is 0 Å². The molecule has 1 saturated heterocycles. The largest absolute Gasteiger partial charge is 0.353 e. The second-order valence-electron chi connectivity index (χ2n) is 8.45. The van der Waals surface area contributed by atoms with Crippen LogP contribution in [0.1, 0.15) is 27.0 Å². The molecule has 1 aliphatic rings. The lowest BCUT2D eigenvalue weighted by atomic mass is 10.0. The van der Waals surface area contributed by atoms with E-state index < -0.39 is 16.1 Å². The van der Waals surface area contributed by atoms with Gasteiger partial charge in [0.25, 0.3) is 15.9 Å². The lowest BCUT2D eigenvalue weighted by Gasteiger charge is -2.35. The molecule has 1 atom stereocenters. The van der Waals surface area contributed by atoms with Crippen LogP contribution in [0.5, 0.6) is 0 Å². The highest BCUT2D eigenvalue weighted by Crippen LogP contribution is 2.23. The summed E-state index contributed by atoms with van der Waals surface area (Å²) in [5.41, 5.74) is 3.15. The summed E-state index contributed by atoms with van der Waals surface area (Å²) in [6.07, 6.45) is 0.379. The molecular formula is C26H27N3O4S. The third kappa shape index (κ3) is 5.12. The minimum atomic E-state index is -3.92. The maximum atomic E-state index is 13.5. The molecule has 3 aromatic rings. The van der Waals surface area contributed by atoms with Crippen molar-refractivity contribution >= 4 is 27.5 Å². The van der Waals surface area contributed by atoms with E-state index in [2.05, 4.69) is 10.0 Å². The van der Waals surface area contributed by atoms with Gasteiger partial charge in [-0.1, -0.05) is 54.1 Å². The Morgan fingerprint density at radius 1 is 1.03 bits per heavy atom. The van der Waals surface area contributed by atoms with E-state index in [-0.39, 0.29) is 22.3 Å². The molecule has 0 bridgehead atoms. The van der Waals surface area contributed by atoms with Crippen molar-refractivity contribution in [2.24, 2.45) is 0 Å². The Morgan fingerprint density at radius 2 is 1.74 bits per heavy atom. The fraction of sp³-hybridized carbons (Fsp3) is 0.231. The normalized spacial score (nSPS) is 16.1. The number of rotatable bonds is 6. The van der Waals surface area contributed by atoms with Crippen LogP contribution < -0.4 is 10.0 Å². The summed E-state index contributed by atoms with van der Waals surface area (Å²) in [7, 11) is -3.92. The maximum absolute atomic E-state index is 13.5. The number of nitrogens with one attached hydrogen (secondary N) is 2. The number of aryl methyl sites for hydroxylation is 2. The number of carbonyl (C=O) groups excluding carboxylic acids is 2. The number of hydrogen-bond acceptors (Lipinski definition) is 4. The van der Waals surface area contributed by atoms with E-state index in [0.717, 1.165) is 11.1 Å². The first-order valence-corrected chi connectivity index (χ1v) is 12.6. The molecular weight excluding hydrogens is 450 g/mol. The molecule has 1 aliphatic heterocycles. The average Bonchev–Trinajstić information content (AvgIpc) is 2.82. The lowest BCUT2D eigenvalue weighted by molar-refractivity contribution is -0.127. The molecule has 0 aromatic heterocycles. The highest BCUT2D eigenvalue weighted by Gasteiger charge is 2.34. The van der Waals surface area contributed by atoms with Crippen molar-refractivity contribution in [1.29, 1.82) is 0 Å². The van der Waals surface area contributed by atoms with Crippen molar-refractivity contribution in [3.05, 3.63) is 95.1 Å². The number of piperazine rings is 1. The predicted octanol–water partition coefficient (Wildman–Crippen LogP) is 3.29. The van der Waals surface area contributed by atoms with Gasteiger partial charge in [-0.2, -0.15) is 0 Å². The standard InChI is InChI=1S/C26H27N3O4S/c1-18-8-12-22(13-9-18)28-34(32,33)24-17-21(11-10-19(24)2)26(31)29-15-14-27-25(30)23(29)16-20-6-4-3-5-7-20/h3-13,17,23,28H,14-16H2,1-2H3,(H,27,30). The minimum Gasteiger partial charge on any atom is -0.353 e. The Balaban J connectivity index is 1.62. The monoisotopic (exact) mass is 477 g/mol. The molecule has 1 unspecified atom stereocenters. The van der Waals surface area contributed by atoms with Crippen molar-refractivity contribution in [1.82, 2.24) is 10.2 Å². The minimum absolute atomic E-state index is 0.0278. The SMILES string of the molecule is Cc1ccc(NS(=O)(=O)c2cc(C(=O)N3CCNC(=O)C3Cc3ccccc3)ccc2C)cc1. The topological polar surface area (TPSA) is 95.6 Å². The number of amides is 2. The first-order chi connectivity index (χ1) is 16.2. The van der Waals surface area contributed by atoms with Gasteiger partial charge in [-0.05, 0) is 49.2 Å². The summed E-state index contributed by atoms with van der Waals surface area (Å²) in [5, 5.41) is 2.83. The molecule has 0 aliphatic carbocycles. The molecule has 0 radical (unpaired) electrons. The summed E-state index contributed by atoms with van der Waals surface area (Å²) < 4.78 is 28.8. The van der Waals surface area contributed by atoms with Crippen LogP contribution in [-0.4, -0.2) is 44.3 Å². The third-order valence-electron chi connectivity index (χ3n) is 5.89. The first kappa shape index (κ1) is 23.5. The lowest BCUT2D eigenvalue weighted by Crippen LogP contribution is -2.58. The number of benzene rings is 3. The van der Waals surface area contributed by atoms with Gasteiger partial charge in [-0.25, -0.2) is 8.42 Å². The zero-order valence-corrected chi connectivity index (χ0v) is 19.9. The van der Waals surface area contributed by atoms with E-state index >= 15 is 0 Å². The summed E-state index contributed by atoms with van der Waals surface area (Å²) >= 11 is 0. The predicted molar refractivity (Wildman–Crippen MR) is 131 cm³/mol. The van der Waals surface area contributed by atoms with Gasteiger partial charge in [0.15, 0.2) is 0 Å². The number of nitrogens with zero attached hydrogens (tertiary/aromatic N) is 1. The van der Waals surface area contributed by atoms with Gasteiger partial charge in [-0.3, -0.25) is 14.3 Å². The van der Waals surface area contributed by atoms with E-state index in [1.165, 1.54) is 11.0 Å². The number of anilines is 1.